The number of aromatic hydroxyl groups is 1. The Morgan fingerprint density at radius 2 is 1.03 bits per heavy atom. The van der Waals surface area contributed by atoms with Crippen LogP contribution in [-0.4, -0.2) is 140 Å². The SMILES string of the molecule is O=C(O)CCC(NC(=O)N[C@@H](CCC(=O)N[C@@H](Cc1ccccc1)C(=O)NCCNC(=O)CNC(=O)[C@H](Cc1ccccc1)NC(=O)[C@H](Cc1ccccc1)NC(=S)Nc1ccc(-c2c3ccc(=O)cc-3oc3cc(O)ccc23)c(C(=O)O)c1)C(=O)O)C(=O)O. The fourth-order valence-corrected chi connectivity index (χ4v) is 9.75. The number of carboxylic acid groups (broad SMARTS) is 4. The fraction of sp³-hybridized carbons (Fsp3) is 0.238. The van der Waals surface area contributed by atoms with E-state index in [-0.39, 0.29) is 76.8 Å². The molecule has 90 heavy (non-hydrogen) atoms. The molecule has 5 aromatic carbocycles. The highest BCUT2D eigenvalue weighted by molar-refractivity contribution is 7.80. The summed E-state index contributed by atoms with van der Waals surface area (Å²) in [6.45, 7) is -0.876. The number of thiocarbonyl (C=S) groups is 1. The number of hydrogen-bond acceptors (Lipinski definition) is 14. The molecule has 1 heterocycles. The van der Waals surface area contributed by atoms with E-state index in [4.69, 9.17) is 21.7 Å². The summed E-state index contributed by atoms with van der Waals surface area (Å²) in [4.78, 5) is 141. The Morgan fingerprint density at radius 1 is 0.500 bits per heavy atom. The lowest BCUT2D eigenvalue weighted by molar-refractivity contribution is -0.141. The van der Waals surface area contributed by atoms with Crippen LogP contribution < -0.4 is 53.3 Å². The van der Waals surface area contributed by atoms with Crippen LogP contribution in [0.15, 0.2) is 155 Å². The Hall–Kier alpha value is -11.2. The molecule has 2 aliphatic rings. The number of nitrogens with one attached hydrogen (secondary N) is 9. The van der Waals surface area contributed by atoms with Crippen molar-refractivity contribution in [3.05, 3.63) is 178 Å². The predicted molar refractivity (Wildman–Crippen MR) is 330 cm³/mol. The molecule has 5 aromatic rings. The number of rotatable bonds is 30. The number of aliphatic carboxylic acids is 3. The number of fused-ring (bicyclic) bond motifs is 2. The zero-order valence-corrected chi connectivity index (χ0v) is 48.7. The summed E-state index contributed by atoms with van der Waals surface area (Å²) in [5.74, 6) is -9.25. The van der Waals surface area contributed by atoms with Crippen molar-refractivity contribution in [2.24, 2.45) is 0 Å². The molecular formula is C63H63N9O17S. The van der Waals surface area contributed by atoms with Crippen LogP contribution in [0, 0.1) is 0 Å². The standard InChI is InChI=1S/C63H63N9O17S/c73-39-17-20-42-50(32-39)89-51-33-40(74)18-21-43(51)55(42)41-19-16-38(31-44(41)59(82)83)67-63(90)72-49(30-37-14-8-3-9-15-37)58(81)69-48(29-36-12-6-2-7-13-36)57(80)66-34-53(76)64-26-27-65-56(79)47(28-35-10-4-1-5-11-35)68-52(75)24-22-45(60(84)85)70-62(88)71-46(61(86)87)23-25-54(77)78/h1-21,31-33,45-49,73H,22-30,34H2,(H,64,76)(H,65,79)(H,66,80)(H,68,75)(H,69,81)(H,77,78)(H,82,83)(H,84,85)(H,86,87)(H2,67,72,90)(H2,70,71,88)/t45-,46?,47-,48-,49-/m0/s1. The number of amides is 7. The third-order valence-electron chi connectivity index (χ3n) is 13.9. The predicted octanol–water partition coefficient (Wildman–Crippen LogP) is 3.52. The molecule has 7 rings (SSSR count). The number of anilines is 1. The van der Waals surface area contributed by atoms with E-state index in [0.29, 0.717) is 33.2 Å². The molecule has 0 saturated carbocycles. The maximum absolute atomic E-state index is 14.5. The van der Waals surface area contributed by atoms with Gasteiger partial charge in [0.15, 0.2) is 10.5 Å². The minimum absolute atomic E-state index is 0.0160. The largest absolute Gasteiger partial charge is 0.508 e. The van der Waals surface area contributed by atoms with E-state index >= 15 is 0 Å². The van der Waals surface area contributed by atoms with Crippen LogP contribution >= 0.6 is 12.2 Å². The number of carboxylic acids is 4. The summed E-state index contributed by atoms with van der Waals surface area (Å²) in [7, 11) is 0. The van der Waals surface area contributed by atoms with Gasteiger partial charge in [-0.05, 0) is 83.7 Å². The van der Waals surface area contributed by atoms with Crippen molar-refractivity contribution < 1.29 is 77.9 Å². The van der Waals surface area contributed by atoms with Gasteiger partial charge in [-0.15, -0.1) is 0 Å². The van der Waals surface area contributed by atoms with E-state index in [0.717, 1.165) is 0 Å². The third-order valence-corrected chi connectivity index (χ3v) is 14.1. The molecule has 1 aliphatic heterocycles. The molecule has 0 bridgehead atoms. The van der Waals surface area contributed by atoms with E-state index in [1.807, 2.05) is 5.32 Å². The highest BCUT2D eigenvalue weighted by atomic mass is 32.1. The van der Waals surface area contributed by atoms with Gasteiger partial charge in [0.2, 0.25) is 29.5 Å². The Kier molecular flexibility index (Phi) is 23.5. The van der Waals surface area contributed by atoms with Crippen molar-refractivity contribution in [3.63, 3.8) is 0 Å². The molecule has 14 N–H and O–H groups in total. The van der Waals surface area contributed by atoms with E-state index in [1.165, 1.54) is 36.4 Å². The van der Waals surface area contributed by atoms with E-state index in [9.17, 15) is 73.2 Å². The van der Waals surface area contributed by atoms with Crippen LogP contribution in [-0.2, 0) is 57.6 Å². The first-order valence-electron chi connectivity index (χ1n) is 28.0. The molecule has 0 spiro atoms. The molecule has 0 radical (unpaired) electrons. The summed E-state index contributed by atoms with van der Waals surface area (Å²) in [6, 6.07) is 31.0. The second-order valence-corrected chi connectivity index (χ2v) is 20.9. The lowest BCUT2D eigenvalue weighted by Crippen LogP contribution is -2.56. The topological polar surface area (TPSA) is 410 Å². The van der Waals surface area contributed by atoms with Crippen LogP contribution in [0.5, 0.6) is 5.75 Å². The summed E-state index contributed by atoms with van der Waals surface area (Å²) in [5, 5.41) is 72.3. The number of carbonyl (C=O) groups excluding carboxylic acids is 6. The zero-order chi connectivity index (χ0) is 64.9. The minimum Gasteiger partial charge on any atom is -0.508 e. The summed E-state index contributed by atoms with van der Waals surface area (Å²) < 4.78 is 5.95. The monoisotopic (exact) mass is 1250 g/mol. The highest BCUT2D eigenvalue weighted by Crippen LogP contribution is 2.42. The number of phenolic OH excluding ortho intramolecular Hbond substituents is 1. The fourth-order valence-electron chi connectivity index (χ4n) is 9.49. The Labute approximate surface area is 518 Å². The van der Waals surface area contributed by atoms with Crippen LogP contribution in [0.2, 0.25) is 0 Å². The van der Waals surface area contributed by atoms with Gasteiger partial charge in [0, 0.05) is 79.5 Å². The van der Waals surface area contributed by atoms with Gasteiger partial charge in [-0.3, -0.25) is 33.6 Å². The Morgan fingerprint density at radius 3 is 1.60 bits per heavy atom. The molecule has 27 heteroatoms. The van der Waals surface area contributed by atoms with Gasteiger partial charge in [-0.25, -0.2) is 19.2 Å². The molecule has 0 saturated heterocycles. The van der Waals surface area contributed by atoms with Gasteiger partial charge >= 0.3 is 29.9 Å². The third kappa shape index (κ3) is 19.7. The van der Waals surface area contributed by atoms with Crippen LogP contribution in [0.3, 0.4) is 0 Å². The molecule has 468 valence electrons. The first-order chi connectivity index (χ1) is 43.1. The first-order valence-corrected chi connectivity index (χ1v) is 28.4. The van der Waals surface area contributed by atoms with Crippen molar-refractivity contribution in [1.82, 2.24) is 42.5 Å². The quantitative estimate of drug-likeness (QED) is 0.0174. The second kappa shape index (κ2) is 32.0. The maximum Gasteiger partial charge on any atom is 0.336 e. The minimum atomic E-state index is -1.70. The number of hydrogen-bond donors (Lipinski definition) is 14. The smallest absolute Gasteiger partial charge is 0.336 e. The molecule has 7 amide bonds. The number of carbonyl (C=O) groups is 10. The van der Waals surface area contributed by atoms with E-state index in [1.54, 1.807) is 109 Å². The molecule has 26 nitrogen and oxygen atoms in total. The average molecular weight is 1250 g/mol. The average Bonchev–Trinajstić information content (AvgIpc) is 0.827. The molecule has 0 fully saturated rings. The van der Waals surface area contributed by atoms with Crippen LogP contribution in [0.4, 0.5) is 10.5 Å². The van der Waals surface area contributed by atoms with E-state index < -0.39 is 122 Å². The molecule has 1 unspecified atom stereocenters. The van der Waals surface area contributed by atoms with E-state index in [2.05, 4.69) is 42.5 Å². The number of phenols is 1. The highest BCUT2D eigenvalue weighted by Gasteiger charge is 2.30. The number of urea groups is 1. The Bertz CT molecular complexity index is 3820. The zero-order valence-electron chi connectivity index (χ0n) is 47.9. The van der Waals surface area contributed by atoms with Crippen LogP contribution in [0.25, 0.3) is 33.4 Å². The first kappa shape index (κ1) is 66.3. The number of benzene rings is 6. The lowest BCUT2D eigenvalue weighted by Gasteiger charge is -2.25. The van der Waals surface area contributed by atoms with Gasteiger partial charge in [-0.1, -0.05) is 97.1 Å². The van der Waals surface area contributed by atoms with Crippen LogP contribution in [0.1, 0.15) is 52.7 Å². The second-order valence-electron chi connectivity index (χ2n) is 20.5. The lowest BCUT2D eigenvalue weighted by atomic mass is 9.90. The normalized spacial score (nSPS) is 12.5. The summed E-state index contributed by atoms with van der Waals surface area (Å²) >= 11 is 5.72. The molecule has 0 aromatic heterocycles. The summed E-state index contributed by atoms with van der Waals surface area (Å²) in [6.07, 6.45) is -2.08. The van der Waals surface area contributed by atoms with Crippen molar-refractivity contribution in [1.29, 1.82) is 0 Å². The molecular weight excluding hydrogens is 1190 g/mol. The van der Waals surface area contributed by atoms with Crippen molar-refractivity contribution >= 4 is 93.4 Å². The van der Waals surface area contributed by atoms with Crippen molar-refractivity contribution in [2.75, 3.05) is 25.0 Å². The molecule has 5 atom stereocenters. The van der Waals surface area contributed by atoms with Crippen molar-refractivity contribution in [2.45, 2.75) is 75.2 Å². The van der Waals surface area contributed by atoms with Gasteiger partial charge in [-0.2, -0.15) is 0 Å². The maximum atomic E-state index is 14.5. The van der Waals surface area contributed by atoms with Crippen molar-refractivity contribution in [3.8, 4) is 28.2 Å². The number of aromatic carboxylic acids is 1. The van der Waals surface area contributed by atoms with Gasteiger partial charge < -0.3 is 77.8 Å². The van der Waals surface area contributed by atoms with Gasteiger partial charge in [0.1, 0.15) is 47.3 Å². The molecule has 1 aliphatic carbocycles. The summed E-state index contributed by atoms with van der Waals surface area (Å²) in [5.41, 5.74) is 3.03. The van der Waals surface area contributed by atoms with Gasteiger partial charge in [0.25, 0.3) is 0 Å². The van der Waals surface area contributed by atoms with Gasteiger partial charge in [0.05, 0.1) is 12.1 Å². The Balaban J connectivity index is 0.963.